The highest BCUT2D eigenvalue weighted by Gasteiger charge is 2.30. The van der Waals surface area contributed by atoms with Gasteiger partial charge in [0.1, 0.15) is 0 Å². The van der Waals surface area contributed by atoms with Crippen LogP contribution in [0.1, 0.15) is 32.4 Å². The topological polar surface area (TPSA) is 26.7 Å². The van der Waals surface area contributed by atoms with Crippen molar-refractivity contribution in [2.24, 2.45) is 0 Å². The van der Waals surface area contributed by atoms with Crippen molar-refractivity contribution in [3.8, 4) is 0 Å². The molecule has 1 aliphatic rings. The summed E-state index contributed by atoms with van der Waals surface area (Å²) >= 11 is 0. The van der Waals surface area contributed by atoms with Crippen molar-refractivity contribution in [1.82, 2.24) is 4.90 Å². The number of benzene rings is 1. The number of aliphatic hydroxyl groups excluding tert-OH is 1. The molecule has 3 heteroatoms. The molecular formula is C15H24N2O. The third-order valence-electron chi connectivity index (χ3n) is 4.06. The zero-order valence-electron chi connectivity index (χ0n) is 11.8. The lowest BCUT2D eigenvalue weighted by atomic mass is 9.99. The Kier molecular flexibility index (Phi) is 3.64. The predicted octanol–water partition coefficient (Wildman–Crippen LogP) is 2.27. The molecule has 0 bridgehead atoms. The van der Waals surface area contributed by atoms with E-state index in [4.69, 9.17) is 0 Å². The van der Waals surface area contributed by atoms with E-state index in [1.807, 2.05) is 12.1 Å². The molecule has 1 unspecified atom stereocenters. The van der Waals surface area contributed by atoms with Gasteiger partial charge in [-0.15, -0.1) is 0 Å². The largest absolute Gasteiger partial charge is 0.389 e. The van der Waals surface area contributed by atoms with E-state index >= 15 is 0 Å². The van der Waals surface area contributed by atoms with Crippen molar-refractivity contribution in [2.45, 2.75) is 32.4 Å². The molecule has 0 saturated carbocycles. The van der Waals surface area contributed by atoms with Crippen LogP contribution in [0.2, 0.25) is 0 Å². The van der Waals surface area contributed by atoms with Crippen LogP contribution < -0.4 is 4.90 Å². The third-order valence-corrected chi connectivity index (χ3v) is 4.06. The molecule has 1 aliphatic heterocycles. The van der Waals surface area contributed by atoms with Gasteiger partial charge in [0, 0.05) is 30.9 Å². The zero-order valence-corrected chi connectivity index (χ0v) is 11.8. The average Bonchev–Trinajstić information content (AvgIpc) is 2.33. The first-order chi connectivity index (χ1) is 8.40. The Balaban J connectivity index is 2.13. The molecule has 0 aliphatic carbocycles. The van der Waals surface area contributed by atoms with Gasteiger partial charge in [0.2, 0.25) is 0 Å². The van der Waals surface area contributed by atoms with Gasteiger partial charge in [-0.25, -0.2) is 0 Å². The first-order valence-electron chi connectivity index (χ1n) is 6.64. The van der Waals surface area contributed by atoms with E-state index < -0.39 is 0 Å². The van der Waals surface area contributed by atoms with Crippen molar-refractivity contribution in [3.05, 3.63) is 29.8 Å². The molecule has 0 radical (unpaired) electrons. The summed E-state index contributed by atoms with van der Waals surface area (Å²) in [5, 5.41) is 9.52. The maximum absolute atomic E-state index is 9.52. The van der Waals surface area contributed by atoms with Gasteiger partial charge in [-0.2, -0.15) is 0 Å². The summed E-state index contributed by atoms with van der Waals surface area (Å²) in [6.45, 7) is 9.55. The predicted molar refractivity (Wildman–Crippen MR) is 76.0 cm³/mol. The number of likely N-dealkylation sites (N-methyl/N-ethyl adjacent to an activating group) is 1. The molecule has 1 aromatic carbocycles. The Hall–Kier alpha value is -1.06. The third kappa shape index (κ3) is 2.68. The Bertz CT molecular complexity index is 397. The fourth-order valence-electron chi connectivity index (χ4n) is 2.42. The first-order valence-corrected chi connectivity index (χ1v) is 6.64. The Morgan fingerprint density at radius 2 is 1.78 bits per heavy atom. The van der Waals surface area contributed by atoms with Crippen LogP contribution in [0.3, 0.4) is 0 Å². The van der Waals surface area contributed by atoms with Gasteiger partial charge in [0.15, 0.2) is 0 Å². The second kappa shape index (κ2) is 4.90. The van der Waals surface area contributed by atoms with Crippen LogP contribution in [0.4, 0.5) is 5.69 Å². The smallest absolute Gasteiger partial charge is 0.0761 e. The Morgan fingerprint density at radius 3 is 2.28 bits per heavy atom. The Labute approximate surface area is 110 Å². The van der Waals surface area contributed by atoms with Crippen LogP contribution in [0.15, 0.2) is 24.3 Å². The summed E-state index contributed by atoms with van der Waals surface area (Å²) in [4.78, 5) is 4.83. The minimum atomic E-state index is -0.386. The number of aliphatic hydroxyl groups is 1. The quantitative estimate of drug-likeness (QED) is 0.870. The maximum atomic E-state index is 9.52. The lowest BCUT2D eigenvalue weighted by molar-refractivity contribution is 0.139. The van der Waals surface area contributed by atoms with E-state index in [9.17, 15) is 5.11 Å². The van der Waals surface area contributed by atoms with E-state index in [2.05, 4.69) is 42.8 Å². The minimum absolute atomic E-state index is 0.210. The van der Waals surface area contributed by atoms with Crippen LogP contribution in [0, 0.1) is 0 Å². The number of piperazine rings is 1. The molecule has 1 atom stereocenters. The molecule has 18 heavy (non-hydrogen) atoms. The molecule has 0 amide bonds. The maximum Gasteiger partial charge on any atom is 0.0761 e. The first kappa shape index (κ1) is 13.4. The van der Waals surface area contributed by atoms with Gasteiger partial charge in [-0.1, -0.05) is 12.1 Å². The number of hydrogen-bond acceptors (Lipinski definition) is 3. The summed E-state index contributed by atoms with van der Waals surface area (Å²) < 4.78 is 0. The lowest BCUT2D eigenvalue weighted by Crippen LogP contribution is -2.57. The van der Waals surface area contributed by atoms with Crippen LogP contribution in [-0.4, -0.2) is 42.2 Å². The molecular weight excluding hydrogens is 224 g/mol. The van der Waals surface area contributed by atoms with Gasteiger partial charge in [0.25, 0.3) is 0 Å². The standard InChI is InChI=1S/C15H24N2O/c1-12(18)13-5-7-14(8-6-13)17-10-9-16(4)15(2,3)11-17/h5-8,12,18H,9-11H2,1-4H3. The molecule has 100 valence electrons. The molecule has 1 N–H and O–H groups in total. The number of anilines is 1. The summed E-state index contributed by atoms with van der Waals surface area (Å²) in [5.41, 5.74) is 2.44. The Morgan fingerprint density at radius 1 is 1.17 bits per heavy atom. The highest BCUT2D eigenvalue weighted by atomic mass is 16.3. The highest BCUT2D eigenvalue weighted by molar-refractivity contribution is 5.49. The fraction of sp³-hybridized carbons (Fsp3) is 0.600. The van der Waals surface area contributed by atoms with Crippen LogP contribution in [0.5, 0.6) is 0 Å². The molecule has 1 aromatic rings. The van der Waals surface area contributed by atoms with Gasteiger partial charge in [-0.05, 0) is 45.5 Å². The molecule has 3 nitrogen and oxygen atoms in total. The van der Waals surface area contributed by atoms with E-state index in [0.29, 0.717) is 0 Å². The zero-order chi connectivity index (χ0) is 13.3. The fourth-order valence-corrected chi connectivity index (χ4v) is 2.42. The van der Waals surface area contributed by atoms with Crippen molar-refractivity contribution in [2.75, 3.05) is 31.6 Å². The second-order valence-electron chi connectivity index (χ2n) is 5.92. The average molecular weight is 248 g/mol. The summed E-state index contributed by atoms with van der Waals surface area (Å²) in [5.74, 6) is 0. The van der Waals surface area contributed by atoms with Crippen molar-refractivity contribution < 1.29 is 5.11 Å². The van der Waals surface area contributed by atoms with Crippen LogP contribution >= 0.6 is 0 Å². The van der Waals surface area contributed by atoms with Crippen LogP contribution in [-0.2, 0) is 0 Å². The van der Waals surface area contributed by atoms with Crippen LogP contribution in [0.25, 0.3) is 0 Å². The SMILES string of the molecule is CC(O)c1ccc(N2CCN(C)C(C)(C)C2)cc1. The molecule has 0 aromatic heterocycles. The van der Waals surface area contributed by atoms with E-state index in [1.165, 1.54) is 5.69 Å². The normalized spacial score (nSPS) is 21.9. The lowest BCUT2D eigenvalue weighted by Gasteiger charge is -2.46. The van der Waals surface area contributed by atoms with Crippen molar-refractivity contribution >= 4 is 5.69 Å². The monoisotopic (exact) mass is 248 g/mol. The number of nitrogens with zero attached hydrogens (tertiary/aromatic N) is 2. The van der Waals surface area contributed by atoms with E-state index in [-0.39, 0.29) is 11.6 Å². The van der Waals surface area contributed by atoms with Gasteiger partial charge < -0.3 is 10.0 Å². The second-order valence-corrected chi connectivity index (χ2v) is 5.92. The van der Waals surface area contributed by atoms with E-state index in [1.54, 1.807) is 6.92 Å². The molecule has 1 saturated heterocycles. The van der Waals surface area contributed by atoms with Gasteiger partial charge in [-0.3, -0.25) is 4.90 Å². The van der Waals surface area contributed by atoms with Gasteiger partial charge in [0.05, 0.1) is 6.10 Å². The van der Waals surface area contributed by atoms with Gasteiger partial charge >= 0.3 is 0 Å². The van der Waals surface area contributed by atoms with Crippen molar-refractivity contribution in [3.63, 3.8) is 0 Å². The number of rotatable bonds is 2. The molecule has 2 rings (SSSR count). The molecule has 1 heterocycles. The van der Waals surface area contributed by atoms with Crippen molar-refractivity contribution in [1.29, 1.82) is 0 Å². The molecule has 0 spiro atoms. The summed E-state index contributed by atoms with van der Waals surface area (Å²) in [6, 6.07) is 8.27. The highest BCUT2D eigenvalue weighted by Crippen LogP contribution is 2.25. The summed E-state index contributed by atoms with van der Waals surface area (Å²) in [7, 11) is 2.19. The molecule has 1 fully saturated rings. The minimum Gasteiger partial charge on any atom is -0.389 e. The number of hydrogen-bond donors (Lipinski definition) is 1. The summed E-state index contributed by atoms with van der Waals surface area (Å²) in [6.07, 6.45) is -0.386. The van der Waals surface area contributed by atoms with E-state index in [0.717, 1.165) is 25.2 Å².